The minimum Gasteiger partial charge on any atom is -0.316 e. The Kier molecular flexibility index (Phi) is 4.19. The molecule has 0 radical (unpaired) electrons. The summed E-state index contributed by atoms with van der Waals surface area (Å²) in [6.45, 7) is 2.36. The van der Waals surface area contributed by atoms with Crippen LogP contribution in [0.5, 0.6) is 0 Å². The topological polar surface area (TPSA) is 24.9 Å². The summed E-state index contributed by atoms with van der Waals surface area (Å²) in [5.41, 5.74) is 1.37. The third-order valence-electron chi connectivity index (χ3n) is 2.41. The van der Waals surface area contributed by atoms with Crippen LogP contribution in [-0.2, 0) is 6.42 Å². The second-order valence-electron chi connectivity index (χ2n) is 3.42. The van der Waals surface area contributed by atoms with Gasteiger partial charge >= 0.3 is 0 Å². The first-order chi connectivity index (χ1) is 5.95. The summed E-state index contributed by atoms with van der Waals surface area (Å²) in [5.74, 6) is 0.828. The number of hydrogen-bond donors (Lipinski definition) is 1. The van der Waals surface area contributed by atoms with E-state index in [-0.39, 0.29) is 12.4 Å². The molecule has 0 amide bonds. The molecule has 0 aliphatic carbocycles. The van der Waals surface area contributed by atoms with Crippen LogP contribution in [0.1, 0.15) is 12.0 Å². The second kappa shape index (κ2) is 5.20. The van der Waals surface area contributed by atoms with Gasteiger partial charge in [0.25, 0.3) is 0 Å². The molecule has 1 aromatic heterocycles. The van der Waals surface area contributed by atoms with E-state index >= 15 is 0 Å². The monoisotopic (exact) mass is 198 g/mol. The molecule has 0 spiro atoms. The van der Waals surface area contributed by atoms with Crippen molar-refractivity contribution in [2.24, 2.45) is 5.92 Å². The van der Waals surface area contributed by atoms with Crippen molar-refractivity contribution < 1.29 is 0 Å². The number of aromatic nitrogens is 1. The van der Waals surface area contributed by atoms with E-state index in [1.165, 1.54) is 31.5 Å². The quantitative estimate of drug-likeness (QED) is 0.782. The van der Waals surface area contributed by atoms with E-state index in [1.807, 2.05) is 18.5 Å². The van der Waals surface area contributed by atoms with Crippen LogP contribution >= 0.6 is 12.4 Å². The zero-order valence-electron chi connectivity index (χ0n) is 7.57. The molecule has 72 valence electrons. The van der Waals surface area contributed by atoms with Gasteiger partial charge in [-0.2, -0.15) is 0 Å². The molecule has 0 saturated carbocycles. The first-order valence-corrected chi connectivity index (χ1v) is 4.55. The van der Waals surface area contributed by atoms with E-state index in [2.05, 4.69) is 16.4 Å². The van der Waals surface area contributed by atoms with Crippen LogP contribution in [0.4, 0.5) is 0 Å². The summed E-state index contributed by atoms with van der Waals surface area (Å²) in [6.07, 6.45) is 6.30. The van der Waals surface area contributed by atoms with E-state index in [4.69, 9.17) is 0 Å². The minimum atomic E-state index is 0. The highest BCUT2D eigenvalue weighted by Crippen LogP contribution is 2.13. The highest BCUT2D eigenvalue weighted by Gasteiger charge is 2.14. The van der Waals surface area contributed by atoms with Crippen molar-refractivity contribution in [2.45, 2.75) is 12.8 Å². The standard InChI is InChI=1S/C10H14N2.ClH/c1-2-9(7-11-4-1)6-10-3-5-12-8-10;/h1-2,4,7,10,12H,3,5-6,8H2;1H. The molecule has 1 fully saturated rings. The molecule has 1 aliphatic rings. The summed E-state index contributed by atoms with van der Waals surface area (Å²) in [7, 11) is 0. The van der Waals surface area contributed by atoms with Gasteiger partial charge in [0.1, 0.15) is 0 Å². The predicted molar refractivity (Wildman–Crippen MR) is 56.2 cm³/mol. The van der Waals surface area contributed by atoms with Crippen molar-refractivity contribution in [3.05, 3.63) is 30.1 Å². The summed E-state index contributed by atoms with van der Waals surface area (Å²) in [4.78, 5) is 4.11. The smallest absolute Gasteiger partial charge is 0.0299 e. The molecule has 1 atom stereocenters. The molecule has 3 heteroatoms. The molecule has 0 aromatic carbocycles. The normalized spacial score (nSPS) is 21.1. The molecule has 13 heavy (non-hydrogen) atoms. The molecule has 2 nitrogen and oxygen atoms in total. The van der Waals surface area contributed by atoms with Gasteiger partial charge in [-0.1, -0.05) is 6.07 Å². The van der Waals surface area contributed by atoms with Gasteiger partial charge in [-0.15, -0.1) is 12.4 Å². The molecular weight excluding hydrogens is 184 g/mol. The fourth-order valence-corrected chi connectivity index (χ4v) is 1.74. The minimum absolute atomic E-state index is 0. The highest BCUT2D eigenvalue weighted by molar-refractivity contribution is 5.85. The van der Waals surface area contributed by atoms with Crippen LogP contribution in [-0.4, -0.2) is 18.1 Å². The molecule has 0 bridgehead atoms. The van der Waals surface area contributed by atoms with Gasteiger partial charge in [-0.3, -0.25) is 4.98 Å². The number of pyridine rings is 1. The maximum atomic E-state index is 4.11. The van der Waals surface area contributed by atoms with Gasteiger partial charge in [0, 0.05) is 12.4 Å². The van der Waals surface area contributed by atoms with Gasteiger partial charge in [-0.05, 0) is 43.5 Å². The van der Waals surface area contributed by atoms with E-state index in [0.29, 0.717) is 0 Å². The van der Waals surface area contributed by atoms with Crippen LogP contribution in [0.25, 0.3) is 0 Å². The van der Waals surface area contributed by atoms with Crippen molar-refractivity contribution in [3.8, 4) is 0 Å². The van der Waals surface area contributed by atoms with Crippen molar-refractivity contribution in [1.82, 2.24) is 10.3 Å². The van der Waals surface area contributed by atoms with Crippen molar-refractivity contribution in [1.29, 1.82) is 0 Å². The van der Waals surface area contributed by atoms with Gasteiger partial charge in [0.2, 0.25) is 0 Å². The Balaban J connectivity index is 0.000000845. The molecule has 1 aliphatic heterocycles. The van der Waals surface area contributed by atoms with E-state index in [1.54, 1.807) is 0 Å². The maximum absolute atomic E-state index is 4.11. The first-order valence-electron chi connectivity index (χ1n) is 4.55. The molecule has 1 saturated heterocycles. The lowest BCUT2D eigenvalue weighted by Gasteiger charge is -2.06. The van der Waals surface area contributed by atoms with Crippen LogP contribution in [0.3, 0.4) is 0 Å². The molecule has 1 aromatic rings. The van der Waals surface area contributed by atoms with E-state index < -0.39 is 0 Å². The lowest BCUT2D eigenvalue weighted by Crippen LogP contribution is -2.10. The summed E-state index contributed by atoms with van der Waals surface area (Å²) < 4.78 is 0. The fraction of sp³-hybridized carbons (Fsp3) is 0.500. The largest absolute Gasteiger partial charge is 0.316 e. The number of nitrogens with one attached hydrogen (secondary N) is 1. The van der Waals surface area contributed by atoms with Crippen LogP contribution < -0.4 is 5.32 Å². The zero-order chi connectivity index (χ0) is 8.23. The third-order valence-corrected chi connectivity index (χ3v) is 2.41. The fourth-order valence-electron chi connectivity index (χ4n) is 1.74. The lowest BCUT2D eigenvalue weighted by atomic mass is 10.0. The first kappa shape index (κ1) is 10.5. The molecule has 1 unspecified atom stereocenters. The van der Waals surface area contributed by atoms with Gasteiger partial charge in [0.15, 0.2) is 0 Å². The Morgan fingerprint density at radius 1 is 1.54 bits per heavy atom. The average molecular weight is 199 g/mol. The molecular formula is C10H15ClN2. The van der Waals surface area contributed by atoms with Gasteiger partial charge in [-0.25, -0.2) is 0 Å². The third kappa shape index (κ3) is 2.98. The summed E-state index contributed by atoms with van der Waals surface area (Å²) >= 11 is 0. The number of nitrogens with zero attached hydrogens (tertiary/aromatic N) is 1. The Morgan fingerprint density at radius 3 is 3.08 bits per heavy atom. The summed E-state index contributed by atoms with van der Waals surface area (Å²) in [6, 6.07) is 4.17. The number of halogens is 1. The second-order valence-corrected chi connectivity index (χ2v) is 3.42. The van der Waals surface area contributed by atoms with Crippen LogP contribution in [0.15, 0.2) is 24.5 Å². The Labute approximate surface area is 85.2 Å². The van der Waals surface area contributed by atoms with Gasteiger partial charge < -0.3 is 5.32 Å². The molecule has 2 heterocycles. The molecule has 2 rings (SSSR count). The predicted octanol–water partition coefficient (Wildman–Crippen LogP) is 1.66. The Hall–Kier alpha value is -0.600. The number of hydrogen-bond acceptors (Lipinski definition) is 2. The van der Waals surface area contributed by atoms with E-state index in [0.717, 1.165) is 5.92 Å². The van der Waals surface area contributed by atoms with E-state index in [9.17, 15) is 0 Å². The summed E-state index contributed by atoms with van der Waals surface area (Å²) in [5, 5.41) is 3.37. The SMILES string of the molecule is Cl.c1cncc(CC2CCNC2)c1. The van der Waals surface area contributed by atoms with Gasteiger partial charge in [0.05, 0.1) is 0 Å². The maximum Gasteiger partial charge on any atom is 0.0299 e. The van der Waals surface area contributed by atoms with Crippen molar-refractivity contribution in [3.63, 3.8) is 0 Å². The average Bonchev–Trinajstić information content (AvgIpc) is 2.59. The van der Waals surface area contributed by atoms with Crippen LogP contribution in [0, 0.1) is 5.92 Å². The zero-order valence-corrected chi connectivity index (χ0v) is 8.39. The molecule has 1 N–H and O–H groups in total. The van der Waals surface area contributed by atoms with Crippen molar-refractivity contribution >= 4 is 12.4 Å². The van der Waals surface area contributed by atoms with Crippen molar-refractivity contribution in [2.75, 3.05) is 13.1 Å². The highest BCUT2D eigenvalue weighted by atomic mass is 35.5. The van der Waals surface area contributed by atoms with Crippen LogP contribution in [0.2, 0.25) is 0 Å². The Morgan fingerprint density at radius 2 is 2.46 bits per heavy atom. The Bertz CT molecular complexity index is 232. The number of rotatable bonds is 2. The lowest BCUT2D eigenvalue weighted by molar-refractivity contribution is 0.579.